The number of benzene rings is 1. The number of aromatic nitrogens is 2. The van der Waals surface area contributed by atoms with Crippen LogP contribution >= 0.6 is 0 Å². The molecule has 5 heteroatoms. The second-order valence-corrected chi connectivity index (χ2v) is 5.58. The molecule has 0 fully saturated rings. The van der Waals surface area contributed by atoms with Crippen molar-refractivity contribution in [2.75, 3.05) is 5.32 Å². The summed E-state index contributed by atoms with van der Waals surface area (Å²) in [5.41, 5.74) is 1.91. The van der Waals surface area contributed by atoms with Gasteiger partial charge in [-0.15, -0.1) is 0 Å². The number of para-hydroxylation sites is 1. The maximum Gasteiger partial charge on any atom is 0.296 e. The topological polar surface area (TPSA) is 64.0 Å². The molecule has 1 N–H and O–H groups in total. The zero-order chi connectivity index (χ0) is 16.4. The van der Waals surface area contributed by atoms with Crippen molar-refractivity contribution >= 4 is 28.3 Å². The highest BCUT2D eigenvalue weighted by atomic mass is 16.2. The maximum absolute atomic E-state index is 12.6. The first-order valence-electron chi connectivity index (χ1n) is 7.43. The number of carbonyl (C=O) groups excluding carboxylic acids is 2. The van der Waals surface area contributed by atoms with E-state index in [1.807, 2.05) is 42.7 Å². The van der Waals surface area contributed by atoms with Crippen LogP contribution in [0.1, 0.15) is 30.2 Å². The van der Waals surface area contributed by atoms with Crippen LogP contribution in [0.4, 0.5) is 5.69 Å². The summed E-state index contributed by atoms with van der Waals surface area (Å²) in [4.78, 5) is 28.7. The van der Waals surface area contributed by atoms with Crippen molar-refractivity contribution in [1.82, 2.24) is 9.55 Å². The van der Waals surface area contributed by atoms with Crippen molar-refractivity contribution in [2.24, 2.45) is 0 Å². The summed E-state index contributed by atoms with van der Waals surface area (Å²) in [6.45, 7) is 4.08. The van der Waals surface area contributed by atoms with E-state index >= 15 is 0 Å². The summed E-state index contributed by atoms with van der Waals surface area (Å²) in [5.74, 6) is -1.19. The Morgan fingerprint density at radius 1 is 1.09 bits per heavy atom. The van der Waals surface area contributed by atoms with Crippen molar-refractivity contribution in [3.8, 4) is 0 Å². The average molecular weight is 307 g/mol. The minimum atomic E-state index is -0.650. The van der Waals surface area contributed by atoms with Crippen LogP contribution in [-0.4, -0.2) is 21.2 Å². The van der Waals surface area contributed by atoms with Gasteiger partial charge in [-0.05, 0) is 32.0 Å². The molecule has 0 radical (unpaired) electrons. The molecule has 0 aliphatic heterocycles. The van der Waals surface area contributed by atoms with Gasteiger partial charge in [0.25, 0.3) is 11.7 Å². The van der Waals surface area contributed by atoms with Crippen LogP contribution in [0.2, 0.25) is 0 Å². The second kappa shape index (κ2) is 6.04. The predicted octanol–water partition coefficient (Wildman–Crippen LogP) is 3.44. The molecular formula is C18H17N3O2. The summed E-state index contributed by atoms with van der Waals surface area (Å²) in [5, 5.41) is 3.39. The lowest BCUT2D eigenvalue weighted by Gasteiger charge is -2.08. The Morgan fingerprint density at radius 3 is 2.48 bits per heavy atom. The zero-order valence-corrected chi connectivity index (χ0v) is 13.0. The van der Waals surface area contributed by atoms with Crippen LogP contribution in [0.15, 0.2) is 55.0 Å². The number of fused-ring (bicyclic) bond motifs is 1. The molecule has 0 saturated carbocycles. The highest BCUT2D eigenvalue weighted by molar-refractivity contribution is 6.48. The molecule has 2 heterocycles. The average Bonchev–Trinajstić information content (AvgIpc) is 2.95. The Labute approximate surface area is 134 Å². The van der Waals surface area contributed by atoms with Gasteiger partial charge in [0.05, 0.1) is 5.56 Å². The summed E-state index contributed by atoms with van der Waals surface area (Å²) < 4.78 is 2.00. The molecule has 3 rings (SSSR count). The fourth-order valence-corrected chi connectivity index (χ4v) is 2.56. The van der Waals surface area contributed by atoms with E-state index in [2.05, 4.69) is 10.3 Å². The van der Waals surface area contributed by atoms with Gasteiger partial charge in [0.15, 0.2) is 0 Å². The molecule has 1 aromatic carbocycles. The molecule has 0 atom stereocenters. The third-order valence-electron chi connectivity index (χ3n) is 3.69. The lowest BCUT2D eigenvalue weighted by atomic mass is 10.1. The lowest BCUT2D eigenvalue weighted by Crippen LogP contribution is -2.22. The maximum atomic E-state index is 12.6. The van der Waals surface area contributed by atoms with Crippen molar-refractivity contribution in [3.05, 3.63) is 60.6 Å². The van der Waals surface area contributed by atoms with Gasteiger partial charge >= 0.3 is 0 Å². The number of hydrogen-bond acceptors (Lipinski definition) is 3. The van der Waals surface area contributed by atoms with E-state index in [9.17, 15) is 9.59 Å². The Morgan fingerprint density at radius 2 is 1.78 bits per heavy atom. The van der Waals surface area contributed by atoms with Crippen LogP contribution in [0.3, 0.4) is 0 Å². The number of amides is 1. The van der Waals surface area contributed by atoms with Crippen LogP contribution in [0, 0.1) is 0 Å². The summed E-state index contributed by atoms with van der Waals surface area (Å²) in [6.07, 6.45) is 4.87. The fraction of sp³-hybridized carbons (Fsp3) is 0.167. The number of hydrogen-bond donors (Lipinski definition) is 1. The molecule has 0 aliphatic rings. The van der Waals surface area contributed by atoms with Gasteiger partial charge in [-0.1, -0.05) is 18.2 Å². The molecule has 0 aliphatic carbocycles. The quantitative estimate of drug-likeness (QED) is 0.593. The monoisotopic (exact) mass is 307 g/mol. The Hall–Kier alpha value is -2.95. The summed E-state index contributed by atoms with van der Waals surface area (Å²) >= 11 is 0. The van der Waals surface area contributed by atoms with E-state index in [4.69, 9.17) is 0 Å². The number of carbonyl (C=O) groups is 2. The fourth-order valence-electron chi connectivity index (χ4n) is 2.56. The Bertz CT molecular complexity index is 866. The number of nitrogens with one attached hydrogen (secondary N) is 1. The van der Waals surface area contributed by atoms with Gasteiger partial charge in [0.1, 0.15) is 0 Å². The number of nitrogens with zero attached hydrogens (tertiary/aromatic N) is 2. The van der Waals surface area contributed by atoms with Gasteiger partial charge in [0.2, 0.25) is 0 Å². The largest absolute Gasteiger partial charge is 0.344 e. The first-order chi connectivity index (χ1) is 11.1. The van der Waals surface area contributed by atoms with Crippen LogP contribution in [0.25, 0.3) is 10.9 Å². The minimum Gasteiger partial charge on any atom is -0.344 e. The predicted molar refractivity (Wildman–Crippen MR) is 89.5 cm³/mol. The van der Waals surface area contributed by atoms with E-state index in [1.54, 1.807) is 30.7 Å². The number of ketones is 1. The summed E-state index contributed by atoms with van der Waals surface area (Å²) in [7, 11) is 0. The first kappa shape index (κ1) is 15.0. The lowest BCUT2D eigenvalue weighted by molar-refractivity contribution is -0.112. The number of Topliss-reactive ketones (excluding diaryl/α,β-unsaturated/α-hetero) is 1. The molecule has 23 heavy (non-hydrogen) atoms. The van der Waals surface area contributed by atoms with Crippen molar-refractivity contribution < 1.29 is 9.59 Å². The number of rotatable bonds is 4. The van der Waals surface area contributed by atoms with Crippen molar-refractivity contribution in [1.29, 1.82) is 0 Å². The molecular weight excluding hydrogens is 290 g/mol. The highest BCUT2D eigenvalue weighted by Gasteiger charge is 2.22. The van der Waals surface area contributed by atoms with Crippen molar-refractivity contribution in [2.45, 2.75) is 19.9 Å². The molecule has 0 spiro atoms. The molecule has 3 aromatic rings. The summed E-state index contributed by atoms with van der Waals surface area (Å²) in [6, 6.07) is 11.1. The smallest absolute Gasteiger partial charge is 0.296 e. The molecule has 5 nitrogen and oxygen atoms in total. The first-order valence-corrected chi connectivity index (χ1v) is 7.43. The number of anilines is 1. The van der Waals surface area contributed by atoms with E-state index in [1.165, 1.54) is 0 Å². The molecule has 0 bridgehead atoms. The molecule has 116 valence electrons. The van der Waals surface area contributed by atoms with E-state index < -0.39 is 11.7 Å². The van der Waals surface area contributed by atoms with Gasteiger partial charge in [-0.3, -0.25) is 14.6 Å². The van der Waals surface area contributed by atoms with Gasteiger partial charge in [-0.2, -0.15) is 0 Å². The third-order valence-corrected chi connectivity index (χ3v) is 3.69. The SMILES string of the molecule is CC(C)n1cc(C(=O)C(=O)Nc2ccncc2)c2ccccc21. The minimum absolute atomic E-state index is 0.199. The molecule has 2 aromatic heterocycles. The van der Waals surface area contributed by atoms with E-state index in [0.29, 0.717) is 11.3 Å². The highest BCUT2D eigenvalue weighted by Crippen LogP contribution is 2.25. The zero-order valence-electron chi connectivity index (χ0n) is 13.0. The molecule has 1 amide bonds. The van der Waals surface area contributed by atoms with Crippen LogP contribution in [-0.2, 0) is 4.79 Å². The van der Waals surface area contributed by atoms with Crippen molar-refractivity contribution in [3.63, 3.8) is 0 Å². The Balaban J connectivity index is 1.96. The second-order valence-electron chi connectivity index (χ2n) is 5.58. The Kier molecular flexibility index (Phi) is 3.93. The van der Waals surface area contributed by atoms with Gasteiger partial charge < -0.3 is 9.88 Å². The van der Waals surface area contributed by atoms with E-state index in [0.717, 1.165) is 10.9 Å². The normalized spacial score (nSPS) is 10.9. The molecule has 0 unspecified atom stereocenters. The van der Waals surface area contributed by atoms with Gasteiger partial charge in [-0.25, -0.2) is 0 Å². The van der Waals surface area contributed by atoms with Crippen LogP contribution in [0.5, 0.6) is 0 Å². The van der Waals surface area contributed by atoms with Crippen LogP contribution < -0.4 is 5.32 Å². The third kappa shape index (κ3) is 2.85. The standard InChI is InChI=1S/C18H17N3O2/c1-12(2)21-11-15(14-5-3-4-6-16(14)21)17(22)18(23)20-13-7-9-19-10-8-13/h3-12H,1-2H3,(H,19,20,23). The number of pyridine rings is 1. The van der Waals surface area contributed by atoms with Gasteiger partial charge in [0, 0.05) is 41.2 Å². The molecule has 0 saturated heterocycles. The van der Waals surface area contributed by atoms with E-state index in [-0.39, 0.29) is 6.04 Å².